The van der Waals surface area contributed by atoms with Crippen molar-refractivity contribution in [1.29, 1.82) is 0 Å². The number of rotatable bonds is 1. The second-order valence-corrected chi connectivity index (χ2v) is 11.0. The molecule has 3 rings (SSSR count). The van der Waals surface area contributed by atoms with Gasteiger partial charge in [0, 0.05) is 0 Å². The van der Waals surface area contributed by atoms with Crippen molar-refractivity contribution >= 4 is 29.1 Å². The van der Waals surface area contributed by atoms with Gasteiger partial charge >= 0.3 is 65.7 Å². The molecule has 0 aliphatic rings. The summed E-state index contributed by atoms with van der Waals surface area (Å²) in [4.78, 5) is 0. The van der Waals surface area contributed by atoms with Crippen molar-refractivity contribution in [1.82, 2.24) is 0 Å². The second-order valence-electron chi connectivity index (χ2n) is 10.6. The number of halogens is 2. The first-order valence-electron chi connectivity index (χ1n) is 11.2. The van der Waals surface area contributed by atoms with Gasteiger partial charge in [0.2, 0.25) is 0 Å². The van der Waals surface area contributed by atoms with Crippen molar-refractivity contribution in [3.63, 3.8) is 0 Å². The van der Waals surface area contributed by atoms with Gasteiger partial charge in [0.1, 0.15) is 11.5 Å². The molecule has 0 unspecified atom stereocenters. The van der Waals surface area contributed by atoms with E-state index >= 15 is 0 Å². The average molecular weight is 557 g/mol. The topological polar surface area (TPSA) is 53.6 Å². The van der Waals surface area contributed by atoms with Gasteiger partial charge in [-0.2, -0.15) is 0 Å². The van der Waals surface area contributed by atoms with Crippen LogP contribution in [-0.2, 0) is 30.8 Å². The minimum atomic E-state index is 0. The molecule has 0 bridgehead atoms. The third kappa shape index (κ3) is 11.8. The molecule has 0 radical (unpaired) electrons. The van der Waals surface area contributed by atoms with Crippen LogP contribution in [0.5, 0.6) is 11.5 Å². The first-order chi connectivity index (χ1) is 15.1. The van der Waals surface area contributed by atoms with Crippen molar-refractivity contribution in [2.75, 3.05) is 0 Å². The Morgan fingerprint density at radius 2 is 1.06 bits per heavy atom. The summed E-state index contributed by atoms with van der Waals surface area (Å²) < 4.78 is 7.32. The SMILES string of the molecule is Cc1cc([CH]=[Ti])c(C)o1.Cc1ccc(O)c(C(C)(C)C)c1.Cc1ccc(O)c(C(C)(C)C)c1.Cl.Cl. The van der Waals surface area contributed by atoms with Crippen molar-refractivity contribution in [3.8, 4) is 11.5 Å². The number of hydrogen-bond donors (Lipinski definition) is 2. The van der Waals surface area contributed by atoms with Crippen molar-refractivity contribution in [3.05, 3.63) is 81.8 Å². The summed E-state index contributed by atoms with van der Waals surface area (Å²) in [6, 6.07) is 13.5. The van der Waals surface area contributed by atoms with Crippen LogP contribution >= 0.6 is 24.8 Å². The van der Waals surface area contributed by atoms with E-state index in [9.17, 15) is 10.2 Å². The molecule has 0 aliphatic heterocycles. The summed E-state index contributed by atoms with van der Waals surface area (Å²) >= 11 is 2.01. The zero-order valence-corrected chi connectivity index (χ0v) is 25.9. The molecule has 0 saturated heterocycles. The summed E-state index contributed by atoms with van der Waals surface area (Å²) in [6.07, 6.45) is 0. The molecule has 0 aliphatic carbocycles. The summed E-state index contributed by atoms with van der Waals surface area (Å²) in [5, 5.41) is 19.1. The molecular weight excluding hydrogens is 515 g/mol. The third-order valence-corrected chi connectivity index (χ3v) is 5.64. The maximum Gasteiger partial charge on any atom is 0.119 e. The molecule has 0 amide bonds. The van der Waals surface area contributed by atoms with E-state index in [1.807, 2.05) is 82.3 Å². The molecule has 3 aromatic rings. The quantitative estimate of drug-likeness (QED) is 0.295. The Hall–Kier alpha value is -1.52. The second kappa shape index (κ2) is 14.9. The van der Waals surface area contributed by atoms with Gasteiger partial charge in [-0.25, -0.2) is 0 Å². The van der Waals surface area contributed by atoms with Crippen LogP contribution in [0, 0.1) is 27.7 Å². The van der Waals surface area contributed by atoms with E-state index in [4.69, 9.17) is 4.42 Å². The fraction of sp³-hybridized carbons (Fsp3) is 0.414. The molecule has 0 fully saturated rings. The van der Waals surface area contributed by atoms with Crippen LogP contribution < -0.4 is 0 Å². The molecule has 2 aromatic carbocycles. The van der Waals surface area contributed by atoms with Crippen molar-refractivity contribution < 1.29 is 34.6 Å². The van der Waals surface area contributed by atoms with Gasteiger partial charge in [0.15, 0.2) is 0 Å². The predicted molar refractivity (Wildman–Crippen MR) is 151 cm³/mol. The maximum absolute atomic E-state index is 9.57. The molecule has 3 nitrogen and oxygen atoms in total. The van der Waals surface area contributed by atoms with Crippen LogP contribution in [0.25, 0.3) is 0 Å². The number of phenols is 2. The number of aryl methyl sites for hydroxylation is 4. The van der Waals surface area contributed by atoms with E-state index < -0.39 is 0 Å². The van der Waals surface area contributed by atoms with E-state index in [0.717, 1.165) is 22.6 Å². The predicted octanol–water partition coefficient (Wildman–Crippen LogP) is 8.43. The van der Waals surface area contributed by atoms with Crippen molar-refractivity contribution in [2.45, 2.75) is 80.1 Å². The number of phenolic OH excluding ortho intramolecular Hbond substituents is 2. The minimum absolute atomic E-state index is 0. The normalized spacial score (nSPS) is 10.4. The van der Waals surface area contributed by atoms with E-state index in [1.165, 1.54) is 16.7 Å². The van der Waals surface area contributed by atoms with Crippen LogP contribution in [0.15, 0.2) is 46.9 Å². The molecular formula is C29H42Cl2O3Ti. The fourth-order valence-corrected chi connectivity index (χ4v) is 3.74. The summed E-state index contributed by atoms with van der Waals surface area (Å²) in [5.41, 5.74) is 5.67. The Morgan fingerprint density at radius 3 is 1.26 bits per heavy atom. The summed E-state index contributed by atoms with van der Waals surface area (Å²) in [6.45, 7) is 20.6. The Bertz CT molecular complexity index is 1010. The molecule has 1 heterocycles. The Labute approximate surface area is 236 Å². The molecule has 0 spiro atoms. The average Bonchev–Trinajstić information content (AvgIpc) is 3.02. The molecule has 6 heteroatoms. The van der Waals surface area contributed by atoms with Crippen molar-refractivity contribution in [2.24, 2.45) is 0 Å². The van der Waals surface area contributed by atoms with Gasteiger partial charge in [-0.3, -0.25) is 0 Å². The molecule has 1 aromatic heterocycles. The molecule has 0 atom stereocenters. The van der Waals surface area contributed by atoms with Gasteiger partial charge in [-0.05, 0) is 47.9 Å². The summed E-state index contributed by atoms with van der Waals surface area (Å²) in [5.74, 6) is 2.79. The van der Waals surface area contributed by atoms with Gasteiger partial charge in [0.05, 0.1) is 0 Å². The Balaban J connectivity index is 0. The molecule has 0 saturated carbocycles. The van der Waals surface area contributed by atoms with E-state index in [0.29, 0.717) is 11.5 Å². The van der Waals surface area contributed by atoms with E-state index in [-0.39, 0.29) is 35.6 Å². The van der Waals surface area contributed by atoms with Gasteiger partial charge in [-0.15, -0.1) is 24.8 Å². The van der Waals surface area contributed by atoms with Crippen LogP contribution in [0.4, 0.5) is 0 Å². The first-order valence-corrected chi connectivity index (χ1v) is 12.1. The van der Waals surface area contributed by atoms with Gasteiger partial charge < -0.3 is 10.2 Å². The largest absolute Gasteiger partial charge is 0.508 e. The van der Waals surface area contributed by atoms with Crippen LogP contribution in [0.2, 0.25) is 0 Å². The van der Waals surface area contributed by atoms with Crippen LogP contribution in [0.3, 0.4) is 0 Å². The Morgan fingerprint density at radius 1 is 0.686 bits per heavy atom. The number of aromatic hydroxyl groups is 2. The van der Waals surface area contributed by atoms with Crippen LogP contribution in [-0.4, -0.2) is 14.5 Å². The van der Waals surface area contributed by atoms with Gasteiger partial charge in [0.25, 0.3) is 0 Å². The number of furan rings is 1. The molecule has 194 valence electrons. The van der Waals surface area contributed by atoms with E-state index in [2.05, 4.69) is 41.5 Å². The Kier molecular flexibility index (Phi) is 15.2. The standard InChI is InChI=1S/2C11H16O.C7H8O.2ClH.Ti/c2*1-8-5-6-10(12)9(7-8)11(2,3)4;1-5-4-6(2)8-7(5)3;;;/h2*5-7,12H,1-4H3;1,4H,2-3H3;2*1H;. The van der Waals surface area contributed by atoms with E-state index in [1.54, 1.807) is 12.1 Å². The smallest absolute Gasteiger partial charge is 0.119 e. The fourth-order valence-electron chi connectivity index (χ4n) is 3.29. The van der Waals surface area contributed by atoms with Crippen LogP contribution in [0.1, 0.15) is 80.9 Å². The zero-order valence-electron chi connectivity index (χ0n) is 22.7. The number of benzene rings is 2. The van der Waals surface area contributed by atoms with Gasteiger partial charge in [-0.1, -0.05) is 76.9 Å². The first kappa shape index (κ1) is 35.6. The zero-order chi connectivity index (χ0) is 25.6. The minimum Gasteiger partial charge on any atom is -0.508 e. The third-order valence-electron chi connectivity index (χ3n) is 5.16. The molecule has 2 N–H and O–H groups in total. The monoisotopic (exact) mass is 556 g/mol. The maximum atomic E-state index is 9.57. The summed E-state index contributed by atoms with van der Waals surface area (Å²) in [7, 11) is 0. The number of hydrogen-bond acceptors (Lipinski definition) is 3. The molecule has 35 heavy (non-hydrogen) atoms.